The Morgan fingerprint density at radius 1 is 0.266 bits per heavy atom. The molecule has 0 rings (SSSR count). The molecular weight excluding hydrogens is 973 g/mol. The number of hydrogen-bond acceptors (Lipinski definition) is 6. The van der Waals surface area contributed by atoms with Crippen LogP contribution in [0.4, 0.5) is 0 Å². The summed E-state index contributed by atoms with van der Waals surface area (Å²) < 4.78 is 16.8. The summed E-state index contributed by atoms with van der Waals surface area (Å²) in [7, 11) is 0. The summed E-state index contributed by atoms with van der Waals surface area (Å²) >= 11 is 0. The highest BCUT2D eigenvalue weighted by atomic mass is 16.6. The van der Waals surface area contributed by atoms with E-state index in [0.29, 0.717) is 19.3 Å². The first-order chi connectivity index (χ1) is 39.0. The van der Waals surface area contributed by atoms with Crippen molar-refractivity contribution in [2.75, 3.05) is 13.2 Å². The average Bonchev–Trinajstić information content (AvgIpc) is 3.45. The zero-order chi connectivity index (χ0) is 57.1. The number of ether oxygens (including phenoxy) is 3. The van der Waals surface area contributed by atoms with E-state index in [4.69, 9.17) is 14.2 Å². The number of unbranched alkanes of at least 4 members (excludes halogenated alkanes) is 19. The molecule has 6 heteroatoms. The van der Waals surface area contributed by atoms with Crippen molar-refractivity contribution in [3.8, 4) is 0 Å². The third-order valence-corrected chi connectivity index (χ3v) is 13.0. The van der Waals surface area contributed by atoms with Crippen LogP contribution in [-0.4, -0.2) is 37.2 Å². The maximum absolute atomic E-state index is 12.9. The summed E-state index contributed by atoms with van der Waals surface area (Å²) in [6, 6.07) is 0. The van der Waals surface area contributed by atoms with Gasteiger partial charge in [-0.2, -0.15) is 0 Å². The third kappa shape index (κ3) is 63.7. The molecule has 79 heavy (non-hydrogen) atoms. The number of allylic oxidation sites excluding steroid dienone is 26. The average molecular weight is 1090 g/mol. The van der Waals surface area contributed by atoms with E-state index in [-0.39, 0.29) is 31.1 Å². The lowest BCUT2D eigenvalue weighted by atomic mass is 10.1. The highest BCUT2D eigenvalue weighted by Crippen LogP contribution is 2.14. The molecule has 0 amide bonds. The lowest BCUT2D eigenvalue weighted by Gasteiger charge is -2.18. The quantitative estimate of drug-likeness (QED) is 0.0261. The van der Waals surface area contributed by atoms with Gasteiger partial charge in [-0.25, -0.2) is 0 Å². The van der Waals surface area contributed by atoms with Crippen molar-refractivity contribution >= 4 is 17.9 Å². The highest BCUT2D eigenvalue weighted by Gasteiger charge is 2.19. The van der Waals surface area contributed by atoms with Crippen LogP contribution in [0.1, 0.15) is 265 Å². The molecule has 0 aliphatic carbocycles. The van der Waals surface area contributed by atoms with Gasteiger partial charge in [0.1, 0.15) is 13.2 Å². The molecule has 0 aliphatic heterocycles. The Hall–Kier alpha value is -4.97. The van der Waals surface area contributed by atoms with E-state index >= 15 is 0 Å². The van der Waals surface area contributed by atoms with E-state index in [2.05, 4.69) is 179 Å². The molecule has 0 N–H and O–H groups in total. The number of carbonyl (C=O) groups is 3. The Kier molecular flexibility index (Phi) is 61.4. The Bertz CT molecular complexity index is 1780. The number of rotatable bonds is 56. The fourth-order valence-corrected chi connectivity index (χ4v) is 8.31. The van der Waals surface area contributed by atoms with Gasteiger partial charge in [0.2, 0.25) is 0 Å². The Morgan fingerprint density at radius 2 is 0.494 bits per heavy atom. The second-order valence-electron chi connectivity index (χ2n) is 20.6. The van der Waals surface area contributed by atoms with E-state index in [1.807, 2.05) is 0 Å². The van der Waals surface area contributed by atoms with Crippen molar-refractivity contribution < 1.29 is 28.6 Å². The summed E-state index contributed by atoms with van der Waals surface area (Å²) in [6.07, 6.45) is 95.5. The maximum atomic E-state index is 12.9. The van der Waals surface area contributed by atoms with Crippen molar-refractivity contribution in [1.82, 2.24) is 0 Å². The van der Waals surface area contributed by atoms with Crippen LogP contribution < -0.4 is 0 Å². The summed E-state index contributed by atoms with van der Waals surface area (Å²) in [5.41, 5.74) is 0. The Labute approximate surface area is 486 Å². The van der Waals surface area contributed by atoms with Crippen LogP contribution in [0, 0.1) is 0 Å². The molecule has 0 fully saturated rings. The zero-order valence-corrected chi connectivity index (χ0v) is 50.8. The second kappa shape index (κ2) is 65.5. The van der Waals surface area contributed by atoms with Crippen LogP contribution in [0.25, 0.3) is 0 Å². The number of hydrogen-bond donors (Lipinski definition) is 0. The predicted molar refractivity (Wildman–Crippen MR) is 343 cm³/mol. The Balaban J connectivity index is 4.26. The first-order valence-corrected chi connectivity index (χ1v) is 32.0. The largest absolute Gasteiger partial charge is 0.462 e. The minimum absolute atomic E-state index is 0.0930. The van der Waals surface area contributed by atoms with Crippen LogP contribution in [0.5, 0.6) is 0 Å². The topological polar surface area (TPSA) is 78.9 Å². The third-order valence-electron chi connectivity index (χ3n) is 13.0. The van der Waals surface area contributed by atoms with Gasteiger partial charge in [0, 0.05) is 19.3 Å². The van der Waals surface area contributed by atoms with Crippen molar-refractivity contribution in [1.29, 1.82) is 0 Å². The summed E-state index contributed by atoms with van der Waals surface area (Å²) in [6.45, 7) is 6.34. The van der Waals surface area contributed by atoms with E-state index in [0.717, 1.165) is 167 Å². The van der Waals surface area contributed by atoms with Crippen molar-refractivity contribution in [2.24, 2.45) is 0 Å². The van der Waals surface area contributed by atoms with Gasteiger partial charge in [-0.3, -0.25) is 14.4 Å². The molecule has 0 radical (unpaired) electrons. The molecule has 1 unspecified atom stereocenters. The monoisotopic (exact) mass is 1090 g/mol. The standard InChI is InChI=1S/C73H116O6/c1-4-7-10-13-16-18-20-22-24-26-28-30-32-34-36-38-40-42-44-46-48-50-52-54-57-60-63-66-72(75)78-69-70(68-77-71(74)65-62-59-56-15-12-9-6-3)79-73(76)67-64-61-58-55-53-51-49-47-45-43-41-39-37-35-33-31-29-27-25-23-21-19-17-14-11-8-5-2/h7-8,10-11,16-19,22-25,28-31,34-37,40-43,46,48,70H,4-6,9,12-15,20-21,26-27,32-33,38-39,44-45,47,49-69H2,1-3H3/b10-7-,11-8-,18-16-,19-17-,24-22-,25-23-,30-28-,31-29-,36-34-,37-35-,42-40-,43-41-,48-46-. The molecule has 0 heterocycles. The van der Waals surface area contributed by atoms with Gasteiger partial charge < -0.3 is 14.2 Å². The normalized spacial score (nSPS) is 13.2. The van der Waals surface area contributed by atoms with Crippen molar-refractivity contribution in [3.05, 3.63) is 158 Å². The van der Waals surface area contributed by atoms with Crippen LogP contribution in [-0.2, 0) is 28.6 Å². The molecule has 0 saturated heterocycles. The highest BCUT2D eigenvalue weighted by molar-refractivity contribution is 5.71. The number of carbonyl (C=O) groups excluding carboxylic acids is 3. The van der Waals surface area contributed by atoms with E-state index in [9.17, 15) is 14.4 Å². The van der Waals surface area contributed by atoms with E-state index in [1.54, 1.807) is 0 Å². The molecule has 0 aromatic carbocycles. The van der Waals surface area contributed by atoms with E-state index < -0.39 is 6.10 Å². The van der Waals surface area contributed by atoms with Gasteiger partial charge >= 0.3 is 17.9 Å². The van der Waals surface area contributed by atoms with Crippen molar-refractivity contribution in [3.63, 3.8) is 0 Å². The molecule has 0 aromatic rings. The molecule has 0 saturated carbocycles. The van der Waals surface area contributed by atoms with Gasteiger partial charge in [-0.15, -0.1) is 0 Å². The SMILES string of the molecule is CC/C=C\C/C=C\C/C=C\C/C=C\C/C=C\C/C=C\C/C=C\CCCCCCCC(=O)OCC(COC(=O)CCCCCCCCC)OC(=O)CCCCCCCCCC/C=C\C/C=C\C/C=C\C/C=C\C/C=C\C/C=C\CC. The second-order valence-corrected chi connectivity index (χ2v) is 20.6. The summed E-state index contributed by atoms with van der Waals surface area (Å²) in [4.78, 5) is 38.1. The molecule has 0 aliphatic rings. The van der Waals surface area contributed by atoms with Gasteiger partial charge in [-0.1, -0.05) is 275 Å². The first-order valence-electron chi connectivity index (χ1n) is 32.0. The first kappa shape index (κ1) is 74.0. The zero-order valence-electron chi connectivity index (χ0n) is 50.8. The van der Waals surface area contributed by atoms with Crippen LogP contribution >= 0.6 is 0 Å². The van der Waals surface area contributed by atoms with Gasteiger partial charge in [0.05, 0.1) is 0 Å². The minimum atomic E-state index is -0.796. The van der Waals surface area contributed by atoms with Crippen molar-refractivity contribution in [2.45, 2.75) is 271 Å². The van der Waals surface area contributed by atoms with Gasteiger partial charge in [-0.05, 0) is 128 Å². The van der Waals surface area contributed by atoms with Gasteiger partial charge in [0.25, 0.3) is 0 Å². The minimum Gasteiger partial charge on any atom is -0.462 e. The molecular formula is C73H116O6. The maximum Gasteiger partial charge on any atom is 0.306 e. The summed E-state index contributed by atoms with van der Waals surface area (Å²) in [5, 5.41) is 0. The number of esters is 3. The van der Waals surface area contributed by atoms with Crippen LogP contribution in [0.3, 0.4) is 0 Å². The lowest BCUT2D eigenvalue weighted by Crippen LogP contribution is -2.30. The molecule has 6 nitrogen and oxygen atoms in total. The molecule has 0 bridgehead atoms. The van der Waals surface area contributed by atoms with Crippen LogP contribution in [0.2, 0.25) is 0 Å². The fourth-order valence-electron chi connectivity index (χ4n) is 8.31. The van der Waals surface area contributed by atoms with Gasteiger partial charge in [0.15, 0.2) is 6.10 Å². The Morgan fingerprint density at radius 3 is 0.772 bits per heavy atom. The molecule has 444 valence electrons. The van der Waals surface area contributed by atoms with Crippen LogP contribution in [0.15, 0.2) is 158 Å². The lowest BCUT2D eigenvalue weighted by molar-refractivity contribution is -0.167. The fraction of sp³-hybridized carbons (Fsp3) is 0.603. The molecule has 0 aromatic heterocycles. The predicted octanol–water partition coefficient (Wildman–Crippen LogP) is 22.1. The molecule has 1 atom stereocenters. The smallest absolute Gasteiger partial charge is 0.306 e. The summed E-state index contributed by atoms with van der Waals surface area (Å²) in [5.74, 6) is -0.932. The molecule has 0 spiro atoms. The van der Waals surface area contributed by atoms with E-state index in [1.165, 1.54) is 57.8 Å².